The summed E-state index contributed by atoms with van der Waals surface area (Å²) in [7, 11) is 0. The third-order valence-corrected chi connectivity index (χ3v) is 3.89. The Hall–Kier alpha value is -0.950. The molecule has 0 spiro atoms. The number of amides is 3. The van der Waals surface area contributed by atoms with Crippen molar-refractivity contribution in [3.05, 3.63) is 0 Å². The van der Waals surface area contributed by atoms with Crippen molar-refractivity contribution in [1.82, 2.24) is 15.1 Å². The van der Waals surface area contributed by atoms with Crippen LogP contribution in [0.1, 0.15) is 0 Å². The minimum absolute atomic E-state index is 0.0327. The number of hydrogen-bond donors (Lipinski definition) is 2. The first kappa shape index (κ1) is 11.5. The van der Waals surface area contributed by atoms with Gasteiger partial charge >= 0.3 is 6.03 Å². The molecule has 0 bridgehead atoms. The van der Waals surface area contributed by atoms with Crippen LogP contribution in [0.5, 0.6) is 0 Å². The molecule has 1 atom stereocenters. The average molecular weight is 244 g/mol. The van der Waals surface area contributed by atoms with E-state index in [1.165, 1.54) is 4.90 Å². The fourth-order valence-electron chi connectivity index (χ4n) is 1.96. The van der Waals surface area contributed by atoms with Crippen LogP contribution in [-0.2, 0) is 4.79 Å². The summed E-state index contributed by atoms with van der Waals surface area (Å²) in [6, 6.07) is -0.862. The zero-order valence-corrected chi connectivity index (χ0v) is 9.83. The number of nitrogens with one attached hydrogen (secondary N) is 1. The molecule has 0 radical (unpaired) electrons. The van der Waals surface area contributed by atoms with Crippen molar-refractivity contribution in [2.45, 2.75) is 6.04 Å². The Morgan fingerprint density at radius 1 is 1.31 bits per heavy atom. The molecule has 2 saturated heterocycles. The zero-order chi connectivity index (χ0) is 11.5. The van der Waals surface area contributed by atoms with Crippen LogP contribution < -0.4 is 11.1 Å². The fourth-order valence-corrected chi connectivity index (χ4v) is 3.12. The lowest BCUT2D eigenvalue weighted by molar-refractivity contribution is -0.135. The van der Waals surface area contributed by atoms with Crippen molar-refractivity contribution in [2.75, 3.05) is 37.8 Å². The SMILES string of the molecule is NC(=O)N1CSCC1C(=O)N1CCNCC1. The van der Waals surface area contributed by atoms with E-state index in [9.17, 15) is 9.59 Å². The van der Waals surface area contributed by atoms with Gasteiger partial charge in [0.05, 0.1) is 5.88 Å². The number of primary amides is 1. The summed E-state index contributed by atoms with van der Waals surface area (Å²) in [5.41, 5.74) is 5.25. The highest BCUT2D eigenvalue weighted by Crippen LogP contribution is 2.22. The highest BCUT2D eigenvalue weighted by Gasteiger charge is 2.36. The number of nitrogens with two attached hydrogens (primary N) is 1. The summed E-state index contributed by atoms with van der Waals surface area (Å²) < 4.78 is 0. The molecular formula is C9H16N4O2S. The quantitative estimate of drug-likeness (QED) is 0.612. The van der Waals surface area contributed by atoms with Crippen LogP contribution in [0.3, 0.4) is 0 Å². The average Bonchev–Trinajstić information content (AvgIpc) is 2.78. The molecule has 0 aromatic heterocycles. The van der Waals surface area contributed by atoms with Gasteiger partial charge in [-0.05, 0) is 0 Å². The number of urea groups is 1. The molecule has 2 heterocycles. The molecule has 2 aliphatic heterocycles. The summed E-state index contributed by atoms with van der Waals surface area (Å²) in [6.07, 6.45) is 0. The van der Waals surface area contributed by atoms with Gasteiger partial charge in [0.25, 0.3) is 0 Å². The number of nitrogens with zero attached hydrogens (tertiary/aromatic N) is 2. The van der Waals surface area contributed by atoms with Gasteiger partial charge in [-0.15, -0.1) is 11.8 Å². The van der Waals surface area contributed by atoms with Crippen molar-refractivity contribution in [2.24, 2.45) is 5.73 Å². The molecule has 6 nitrogen and oxygen atoms in total. The minimum atomic E-state index is -0.501. The van der Waals surface area contributed by atoms with E-state index in [0.717, 1.165) is 13.1 Å². The Kier molecular flexibility index (Phi) is 3.55. The number of carbonyl (C=O) groups excluding carboxylic acids is 2. The summed E-state index contributed by atoms with van der Waals surface area (Å²) in [5.74, 6) is 1.22. The number of thioether (sulfide) groups is 1. The lowest BCUT2D eigenvalue weighted by atomic mass is 10.2. The Bertz CT molecular complexity index is 293. The van der Waals surface area contributed by atoms with Gasteiger partial charge < -0.3 is 20.9 Å². The predicted octanol–water partition coefficient (Wildman–Crippen LogP) is -1.13. The van der Waals surface area contributed by atoms with Gasteiger partial charge in [-0.25, -0.2) is 4.79 Å². The standard InChI is InChI=1S/C9H16N4O2S/c10-9(15)13-6-16-5-7(13)8(14)12-3-1-11-2-4-12/h7,11H,1-6H2,(H2,10,15). The lowest BCUT2D eigenvalue weighted by Crippen LogP contribution is -2.54. The summed E-state index contributed by atoms with van der Waals surface area (Å²) >= 11 is 1.57. The molecule has 2 aliphatic rings. The molecule has 1 unspecified atom stereocenters. The molecular weight excluding hydrogens is 228 g/mol. The van der Waals surface area contributed by atoms with Gasteiger partial charge in [0.2, 0.25) is 5.91 Å². The van der Waals surface area contributed by atoms with Crippen LogP contribution in [0.4, 0.5) is 4.79 Å². The second kappa shape index (κ2) is 4.92. The molecule has 0 saturated carbocycles. The van der Waals surface area contributed by atoms with Crippen LogP contribution in [0, 0.1) is 0 Å². The minimum Gasteiger partial charge on any atom is -0.351 e. The van der Waals surface area contributed by atoms with E-state index in [2.05, 4.69) is 5.32 Å². The van der Waals surface area contributed by atoms with Crippen LogP contribution >= 0.6 is 11.8 Å². The first-order chi connectivity index (χ1) is 7.70. The van der Waals surface area contributed by atoms with E-state index in [4.69, 9.17) is 5.73 Å². The summed E-state index contributed by atoms with van der Waals surface area (Å²) in [4.78, 5) is 26.6. The first-order valence-corrected chi connectivity index (χ1v) is 6.49. The van der Waals surface area contributed by atoms with Crippen molar-refractivity contribution in [1.29, 1.82) is 0 Å². The zero-order valence-electron chi connectivity index (χ0n) is 9.02. The molecule has 2 rings (SSSR count). The maximum Gasteiger partial charge on any atom is 0.316 e. The highest BCUT2D eigenvalue weighted by molar-refractivity contribution is 7.99. The molecule has 16 heavy (non-hydrogen) atoms. The molecule has 0 aromatic rings. The highest BCUT2D eigenvalue weighted by atomic mass is 32.2. The monoisotopic (exact) mass is 244 g/mol. The molecule has 7 heteroatoms. The number of carbonyl (C=O) groups is 2. The number of piperazine rings is 1. The second-order valence-corrected chi connectivity index (χ2v) is 4.90. The second-order valence-electron chi connectivity index (χ2n) is 3.90. The van der Waals surface area contributed by atoms with Gasteiger partial charge in [-0.3, -0.25) is 4.79 Å². The van der Waals surface area contributed by atoms with Crippen molar-refractivity contribution in [3.8, 4) is 0 Å². The van der Waals surface area contributed by atoms with Gasteiger partial charge in [0.15, 0.2) is 0 Å². The molecule has 90 valence electrons. The van der Waals surface area contributed by atoms with E-state index in [1.54, 1.807) is 11.8 Å². The molecule has 3 N–H and O–H groups in total. The van der Waals surface area contributed by atoms with E-state index in [1.807, 2.05) is 4.90 Å². The largest absolute Gasteiger partial charge is 0.351 e. The van der Waals surface area contributed by atoms with Crippen LogP contribution in [0.2, 0.25) is 0 Å². The Labute approximate surface area is 98.5 Å². The lowest BCUT2D eigenvalue weighted by Gasteiger charge is -2.31. The van der Waals surface area contributed by atoms with Gasteiger partial charge in [0, 0.05) is 31.9 Å². The first-order valence-electron chi connectivity index (χ1n) is 5.33. The number of rotatable bonds is 1. The molecule has 0 aliphatic carbocycles. The van der Waals surface area contributed by atoms with Gasteiger partial charge in [0.1, 0.15) is 6.04 Å². The van der Waals surface area contributed by atoms with Crippen molar-refractivity contribution >= 4 is 23.7 Å². The Balaban J connectivity index is 1.99. The maximum absolute atomic E-state index is 12.2. The van der Waals surface area contributed by atoms with Crippen LogP contribution in [0.15, 0.2) is 0 Å². The third kappa shape index (κ3) is 2.25. The van der Waals surface area contributed by atoms with E-state index < -0.39 is 6.03 Å². The Morgan fingerprint density at radius 2 is 2.00 bits per heavy atom. The van der Waals surface area contributed by atoms with Crippen LogP contribution in [-0.4, -0.2) is 65.6 Å². The van der Waals surface area contributed by atoms with E-state index in [0.29, 0.717) is 24.7 Å². The topological polar surface area (TPSA) is 78.7 Å². The fraction of sp³-hybridized carbons (Fsp3) is 0.778. The van der Waals surface area contributed by atoms with E-state index in [-0.39, 0.29) is 11.9 Å². The van der Waals surface area contributed by atoms with Gasteiger partial charge in [-0.1, -0.05) is 0 Å². The summed E-state index contributed by atoms with van der Waals surface area (Å²) in [6.45, 7) is 3.07. The normalized spacial score (nSPS) is 25.9. The van der Waals surface area contributed by atoms with Crippen LogP contribution in [0.25, 0.3) is 0 Å². The molecule has 0 aromatic carbocycles. The molecule has 3 amide bonds. The summed E-state index contributed by atoms with van der Waals surface area (Å²) in [5, 5.41) is 3.19. The molecule has 2 fully saturated rings. The van der Waals surface area contributed by atoms with Gasteiger partial charge in [-0.2, -0.15) is 0 Å². The van der Waals surface area contributed by atoms with Crippen molar-refractivity contribution in [3.63, 3.8) is 0 Å². The smallest absolute Gasteiger partial charge is 0.316 e. The van der Waals surface area contributed by atoms with Crippen molar-refractivity contribution < 1.29 is 9.59 Å². The Morgan fingerprint density at radius 3 is 2.62 bits per heavy atom. The maximum atomic E-state index is 12.2. The third-order valence-electron chi connectivity index (χ3n) is 2.88. The number of hydrogen-bond acceptors (Lipinski definition) is 4. The predicted molar refractivity (Wildman–Crippen MR) is 62.0 cm³/mol. The van der Waals surface area contributed by atoms with E-state index >= 15 is 0 Å².